The fourth-order valence-electron chi connectivity index (χ4n) is 1.92. The molecule has 1 unspecified atom stereocenters. The Hall–Kier alpha value is -1.49. The van der Waals surface area contributed by atoms with Gasteiger partial charge in [-0.3, -0.25) is 4.79 Å². The second-order valence-corrected chi connectivity index (χ2v) is 3.94. The molecule has 1 aliphatic rings. The molecule has 1 heterocycles. The Labute approximate surface area is 91.1 Å². The fourth-order valence-corrected chi connectivity index (χ4v) is 1.92. The zero-order valence-electron chi connectivity index (χ0n) is 8.41. The number of carboxylic acid groups (broad SMARTS) is 1. The van der Waals surface area contributed by atoms with Crippen LogP contribution in [0.2, 0.25) is 0 Å². The van der Waals surface area contributed by atoms with E-state index >= 15 is 0 Å². The van der Waals surface area contributed by atoms with Crippen LogP contribution in [0.15, 0.2) is 18.2 Å². The Balaban J connectivity index is 2.34. The molecule has 5 heteroatoms. The Kier molecular flexibility index (Phi) is 2.87. The number of hydrogen-bond donors (Lipinski definition) is 2. The molecular formula is C11H11F2NO2. The minimum Gasteiger partial charge on any atom is -0.481 e. The zero-order valence-corrected chi connectivity index (χ0v) is 8.41. The van der Waals surface area contributed by atoms with Crippen LogP contribution in [0.5, 0.6) is 0 Å². The van der Waals surface area contributed by atoms with Gasteiger partial charge in [-0.2, -0.15) is 0 Å². The van der Waals surface area contributed by atoms with E-state index in [0.29, 0.717) is 13.1 Å². The summed E-state index contributed by atoms with van der Waals surface area (Å²) in [5, 5.41) is 12.0. The minimum atomic E-state index is -1.04. The van der Waals surface area contributed by atoms with Gasteiger partial charge in [0.25, 0.3) is 0 Å². The van der Waals surface area contributed by atoms with Crippen molar-refractivity contribution in [2.75, 3.05) is 13.1 Å². The average Bonchev–Trinajstić information content (AvgIpc) is 2.08. The number of carbonyl (C=O) groups is 1. The summed E-state index contributed by atoms with van der Waals surface area (Å²) in [6.45, 7) is 1.13. The van der Waals surface area contributed by atoms with Crippen LogP contribution in [-0.2, 0) is 4.79 Å². The quantitative estimate of drug-likeness (QED) is 0.819. The third-order valence-corrected chi connectivity index (χ3v) is 2.79. The van der Waals surface area contributed by atoms with E-state index in [-0.39, 0.29) is 11.5 Å². The molecule has 1 aromatic carbocycles. The van der Waals surface area contributed by atoms with E-state index in [2.05, 4.69) is 5.32 Å². The number of halogens is 2. The molecule has 1 saturated heterocycles. The van der Waals surface area contributed by atoms with E-state index in [0.717, 1.165) is 18.2 Å². The summed E-state index contributed by atoms with van der Waals surface area (Å²) >= 11 is 0. The largest absolute Gasteiger partial charge is 0.481 e. The summed E-state index contributed by atoms with van der Waals surface area (Å²) in [6, 6.07) is 2.90. The summed E-state index contributed by atoms with van der Waals surface area (Å²) in [5.41, 5.74) is 0.191. The van der Waals surface area contributed by atoms with Crippen molar-refractivity contribution in [2.45, 2.75) is 5.92 Å². The molecule has 0 bridgehead atoms. The lowest BCUT2D eigenvalue weighted by molar-refractivity contribution is -0.140. The summed E-state index contributed by atoms with van der Waals surface area (Å²) < 4.78 is 26.0. The van der Waals surface area contributed by atoms with E-state index in [4.69, 9.17) is 5.11 Å². The van der Waals surface area contributed by atoms with Crippen molar-refractivity contribution in [3.63, 3.8) is 0 Å². The maximum Gasteiger partial charge on any atom is 0.311 e. The molecule has 86 valence electrons. The number of nitrogens with one attached hydrogen (secondary N) is 1. The van der Waals surface area contributed by atoms with Crippen LogP contribution in [0, 0.1) is 17.6 Å². The molecule has 1 fully saturated rings. The van der Waals surface area contributed by atoms with Gasteiger partial charge in [-0.15, -0.1) is 0 Å². The number of aliphatic carboxylic acids is 1. The first-order valence-electron chi connectivity index (χ1n) is 4.97. The Morgan fingerprint density at radius 1 is 1.31 bits per heavy atom. The molecule has 2 N–H and O–H groups in total. The van der Waals surface area contributed by atoms with Crippen LogP contribution in [0.1, 0.15) is 11.5 Å². The van der Waals surface area contributed by atoms with Crippen LogP contribution in [0.25, 0.3) is 0 Å². The van der Waals surface area contributed by atoms with Crippen molar-refractivity contribution in [3.8, 4) is 0 Å². The van der Waals surface area contributed by atoms with Crippen molar-refractivity contribution in [1.29, 1.82) is 0 Å². The lowest BCUT2D eigenvalue weighted by Gasteiger charge is -2.32. The first-order valence-corrected chi connectivity index (χ1v) is 4.97. The smallest absolute Gasteiger partial charge is 0.311 e. The molecule has 0 amide bonds. The Bertz CT molecular complexity index is 398. The zero-order chi connectivity index (χ0) is 11.7. The predicted octanol–water partition coefficient (Wildman–Crippen LogP) is 1.35. The van der Waals surface area contributed by atoms with Gasteiger partial charge in [0.05, 0.1) is 5.92 Å². The van der Waals surface area contributed by atoms with E-state index in [1.807, 2.05) is 0 Å². The summed E-state index contributed by atoms with van der Waals surface area (Å²) in [7, 11) is 0. The number of benzene rings is 1. The molecule has 3 nitrogen and oxygen atoms in total. The molecule has 0 saturated carbocycles. The van der Waals surface area contributed by atoms with Crippen LogP contribution in [0.4, 0.5) is 8.78 Å². The number of rotatable bonds is 3. The maximum atomic E-state index is 13.0. The van der Waals surface area contributed by atoms with Gasteiger partial charge in [0.15, 0.2) is 0 Å². The number of carboxylic acids is 1. The van der Waals surface area contributed by atoms with E-state index in [1.54, 1.807) is 0 Å². The van der Waals surface area contributed by atoms with Crippen LogP contribution in [-0.4, -0.2) is 24.2 Å². The molecule has 0 aromatic heterocycles. The van der Waals surface area contributed by atoms with Gasteiger partial charge in [-0.05, 0) is 17.7 Å². The predicted molar refractivity (Wildman–Crippen MR) is 53.1 cm³/mol. The van der Waals surface area contributed by atoms with Gasteiger partial charge in [0.1, 0.15) is 11.6 Å². The molecule has 1 aliphatic heterocycles. The molecule has 0 spiro atoms. The lowest BCUT2D eigenvalue weighted by atomic mass is 9.82. The summed E-state index contributed by atoms with van der Waals surface area (Å²) in [5.74, 6) is -3.47. The van der Waals surface area contributed by atoms with Gasteiger partial charge in [-0.25, -0.2) is 8.78 Å². The van der Waals surface area contributed by atoms with Gasteiger partial charge in [0, 0.05) is 25.1 Å². The SMILES string of the molecule is O=C(O)C(c1cc(F)cc(F)c1)C1CNC1. The standard InChI is InChI=1S/C11H11F2NO2/c12-8-1-6(2-9(13)3-8)10(11(15)16)7-4-14-5-7/h1-3,7,10,14H,4-5H2,(H,15,16). The summed E-state index contributed by atoms with van der Waals surface area (Å²) in [4.78, 5) is 11.1. The first-order chi connectivity index (χ1) is 7.58. The second-order valence-electron chi connectivity index (χ2n) is 3.94. The van der Waals surface area contributed by atoms with Crippen molar-refractivity contribution >= 4 is 5.97 Å². The van der Waals surface area contributed by atoms with E-state index < -0.39 is 23.5 Å². The van der Waals surface area contributed by atoms with Crippen molar-refractivity contribution in [1.82, 2.24) is 5.32 Å². The molecule has 0 aliphatic carbocycles. The molecule has 0 radical (unpaired) electrons. The Morgan fingerprint density at radius 2 is 1.88 bits per heavy atom. The van der Waals surface area contributed by atoms with Crippen molar-refractivity contribution < 1.29 is 18.7 Å². The third kappa shape index (κ3) is 2.04. The van der Waals surface area contributed by atoms with E-state index in [1.165, 1.54) is 0 Å². The first kappa shape index (κ1) is 11.0. The van der Waals surface area contributed by atoms with Gasteiger partial charge in [-0.1, -0.05) is 0 Å². The molecule has 16 heavy (non-hydrogen) atoms. The van der Waals surface area contributed by atoms with Crippen LogP contribution in [0.3, 0.4) is 0 Å². The van der Waals surface area contributed by atoms with Gasteiger partial charge < -0.3 is 10.4 Å². The normalized spacial score (nSPS) is 17.9. The minimum absolute atomic E-state index is 0.0984. The van der Waals surface area contributed by atoms with Gasteiger partial charge >= 0.3 is 5.97 Å². The monoisotopic (exact) mass is 227 g/mol. The Morgan fingerprint density at radius 3 is 2.25 bits per heavy atom. The second kappa shape index (κ2) is 4.17. The topological polar surface area (TPSA) is 49.3 Å². The average molecular weight is 227 g/mol. The maximum absolute atomic E-state index is 13.0. The third-order valence-electron chi connectivity index (χ3n) is 2.79. The molecule has 2 rings (SSSR count). The molecular weight excluding hydrogens is 216 g/mol. The summed E-state index contributed by atoms with van der Waals surface area (Å²) in [6.07, 6.45) is 0. The highest BCUT2D eigenvalue weighted by molar-refractivity contribution is 5.76. The van der Waals surface area contributed by atoms with Crippen LogP contribution < -0.4 is 5.32 Å². The molecule has 1 aromatic rings. The van der Waals surface area contributed by atoms with Crippen molar-refractivity contribution in [2.24, 2.45) is 5.92 Å². The molecule has 1 atom stereocenters. The van der Waals surface area contributed by atoms with Crippen LogP contribution >= 0.6 is 0 Å². The fraction of sp³-hybridized carbons (Fsp3) is 0.364. The highest BCUT2D eigenvalue weighted by Gasteiger charge is 2.34. The van der Waals surface area contributed by atoms with E-state index in [9.17, 15) is 13.6 Å². The lowest BCUT2D eigenvalue weighted by Crippen LogP contribution is -2.47. The highest BCUT2D eigenvalue weighted by atomic mass is 19.1. The van der Waals surface area contributed by atoms with Crippen molar-refractivity contribution in [3.05, 3.63) is 35.4 Å². The van der Waals surface area contributed by atoms with Gasteiger partial charge in [0.2, 0.25) is 0 Å². The highest BCUT2D eigenvalue weighted by Crippen LogP contribution is 2.28. The number of hydrogen-bond acceptors (Lipinski definition) is 2.